The van der Waals surface area contributed by atoms with Crippen LogP contribution in [0.2, 0.25) is 5.02 Å². The molecule has 0 radical (unpaired) electrons. The minimum atomic E-state index is -0.873. The number of anilines is 1. The lowest BCUT2D eigenvalue weighted by Crippen LogP contribution is -2.45. The highest BCUT2D eigenvalue weighted by atomic mass is 35.5. The molecule has 1 atom stereocenters. The standard InChI is InChI=1S/C19H20ClFN2O3/c1-3-19(26-2,13-7-5-4-6-8-13)12-22-17(24)18(25)23-14-9-10-16(21)15(20)11-14/h4-11H,3,12H2,1-2H3,(H,22,24)(H,23,25)/t19-/m1/s1. The van der Waals surface area contributed by atoms with Gasteiger partial charge >= 0.3 is 11.8 Å². The molecule has 0 saturated carbocycles. The van der Waals surface area contributed by atoms with Gasteiger partial charge in [0.2, 0.25) is 0 Å². The van der Waals surface area contributed by atoms with Gasteiger partial charge in [-0.3, -0.25) is 9.59 Å². The number of amides is 2. The molecule has 0 heterocycles. The average Bonchev–Trinajstić information content (AvgIpc) is 2.66. The first kappa shape index (κ1) is 19.9. The number of benzene rings is 2. The average molecular weight is 379 g/mol. The number of rotatable bonds is 6. The highest BCUT2D eigenvalue weighted by Gasteiger charge is 2.31. The van der Waals surface area contributed by atoms with Gasteiger partial charge in [-0.05, 0) is 30.2 Å². The smallest absolute Gasteiger partial charge is 0.313 e. The van der Waals surface area contributed by atoms with Crippen molar-refractivity contribution in [3.63, 3.8) is 0 Å². The fourth-order valence-corrected chi connectivity index (χ4v) is 2.75. The molecule has 2 aromatic rings. The molecule has 0 aliphatic heterocycles. The second kappa shape index (κ2) is 8.78. The van der Waals surface area contributed by atoms with Crippen molar-refractivity contribution in [2.24, 2.45) is 0 Å². The lowest BCUT2D eigenvalue weighted by Gasteiger charge is -2.32. The Labute approximate surface area is 156 Å². The quantitative estimate of drug-likeness (QED) is 0.756. The topological polar surface area (TPSA) is 67.4 Å². The van der Waals surface area contributed by atoms with Gasteiger partial charge in [0.25, 0.3) is 0 Å². The number of methoxy groups -OCH3 is 1. The molecule has 2 rings (SSSR count). The summed E-state index contributed by atoms with van der Waals surface area (Å²) in [6.07, 6.45) is 0.600. The van der Waals surface area contributed by atoms with Crippen LogP contribution < -0.4 is 10.6 Å². The molecular weight excluding hydrogens is 359 g/mol. The molecular formula is C19H20ClFN2O3. The first-order valence-corrected chi connectivity index (χ1v) is 8.44. The summed E-state index contributed by atoms with van der Waals surface area (Å²) in [5.74, 6) is -2.30. The number of ether oxygens (including phenoxy) is 1. The maximum absolute atomic E-state index is 13.1. The zero-order chi connectivity index (χ0) is 19.2. The van der Waals surface area contributed by atoms with Gasteiger partial charge in [0, 0.05) is 12.8 Å². The fraction of sp³-hybridized carbons (Fsp3) is 0.263. The van der Waals surface area contributed by atoms with E-state index in [-0.39, 0.29) is 17.3 Å². The van der Waals surface area contributed by atoms with Gasteiger partial charge < -0.3 is 15.4 Å². The van der Waals surface area contributed by atoms with Gasteiger partial charge in [-0.15, -0.1) is 0 Å². The van der Waals surface area contributed by atoms with E-state index in [4.69, 9.17) is 16.3 Å². The Morgan fingerprint density at radius 2 is 1.85 bits per heavy atom. The molecule has 0 aliphatic rings. The van der Waals surface area contributed by atoms with E-state index in [0.29, 0.717) is 6.42 Å². The minimum absolute atomic E-state index is 0.125. The second-order valence-corrected chi connectivity index (χ2v) is 6.09. The number of hydrogen-bond acceptors (Lipinski definition) is 3. The fourth-order valence-electron chi connectivity index (χ4n) is 2.57. The molecule has 138 valence electrons. The summed E-state index contributed by atoms with van der Waals surface area (Å²) in [6.45, 7) is 2.06. The van der Waals surface area contributed by atoms with Crippen molar-refractivity contribution in [1.82, 2.24) is 5.32 Å². The molecule has 0 aliphatic carbocycles. The molecule has 0 unspecified atom stereocenters. The predicted molar refractivity (Wildman–Crippen MR) is 98.5 cm³/mol. The van der Waals surface area contributed by atoms with Crippen LogP contribution in [0, 0.1) is 5.82 Å². The maximum atomic E-state index is 13.1. The van der Waals surface area contributed by atoms with Crippen LogP contribution in [0.1, 0.15) is 18.9 Å². The van der Waals surface area contributed by atoms with E-state index in [1.54, 1.807) is 7.11 Å². The van der Waals surface area contributed by atoms with E-state index in [0.717, 1.165) is 11.6 Å². The van der Waals surface area contributed by atoms with Crippen LogP contribution in [0.25, 0.3) is 0 Å². The van der Waals surface area contributed by atoms with Gasteiger partial charge in [-0.1, -0.05) is 48.9 Å². The van der Waals surface area contributed by atoms with Gasteiger partial charge in [-0.25, -0.2) is 4.39 Å². The summed E-state index contributed by atoms with van der Waals surface area (Å²) < 4.78 is 18.8. The number of hydrogen-bond donors (Lipinski definition) is 2. The van der Waals surface area contributed by atoms with Crippen LogP contribution >= 0.6 is 11.6 Å². The molecule has 5 nitrogen and oxygen atoms in total. The van der Waals surface area contributed by atoms with E-state index in [1.807, 2.05) is 37.3 Å². The third kappa shape index (κ3) is 4.59. The molecule has 2 aromatic carbocycles. The summed E-state index contributed by atoms with van der Waals surface area (Å²) in [7, 11) is 1.56. The summed E-state index contributed by atoms with van der Waals surface area (Å²) in [5.41, 5.74) is 0.389. The van der Waals surface area contributed by atoms with E-state index in [2.05, 4.69) is 10.6 Å². The van der Waals surface area contributed by atoms with Crippen LogP contribution in [-0.4, -0.2) is 25.5 Å². The van der Waals surface area contributed by atoms with Crippen LogP contribution in [0.5, 0.6) is 0 Å². The third-order valence-electron chi connectivity index (χ3n) is 4.18. The van der Waals surface area contributed by atoms with Crippen molar-refractivity contribution in [1.29, 1.82) is 0 Å². The molecule has 0 aromatic heterocycles. The Bertz CT molecular complexity index is 780. The summed E-state index contributed by atoms with van der Waals surface area (Å²) in [4.78, 5) is 24.2. The van der Waals surface area contributed by atoms with Gasteiger partial charge in [0.1, 0.15) is 11.4 Å². The van der Waals surface area contributed by atoms with E-state index in [9.17, 15) is 14.0 Å². The summed E-state index contributed by atoms with van der Waals surface area (Å²) in [5, 5.41) is 4.82. The Morgan fingerprint density at radius 1 is 1.15 bits per heavy atom. The molecule has 7 heteroatoms. The zero-order valence-electron chi connectivity index (χ0n) is 14.5. The van der Waals surface area contributed by atoms with Crippen molar-refractivity contribution in [3.8, 4) is 0 Å². The third-order valence-corrected chi connectivity index (χ3v) is 4.47. The first-order valence-electron chi connectivity index (χ1n) is 8.07. The van der Waals surface area contributed by atoms with Crippen LogP contribution in [0.15, 0.2) is 48.5 Å². The zero-order valence-corrected chi connectivity index (χ0v) is 15.3. The Hall–Kier alpha value is -2.44. The van der Waals surface area contributed by atoms with Crippen molar-refractivity contribution < 1.29 is 18.7 Å². The maximum Gasteiger partial charge on any atom is 0.313 e. The van der Waals surface area contributed by atoms with E-state index >= 15 is 0 Å². The first-order chi connectivity index (χ1) is 12.4. The largest absolute Gasteiger partial charge is 0.372 e. The van der Waals surface area contributed by atoms with Crippen molar-refractivity contribution in [3.05, 3.63) is 64.9 Å². The van der Waals surface area contributed by atoms with Crippen LogP contribution in [0.4, 0.5) is 10.1 Å². The van der Waals surface area contributed by atoms with Crippen molar-refractivity contribution >= 4 is 29.1 Å². The van der Waals surface area contributed by atoms with Gasteiger partial charge in [-0.2, -0.15) is 0 Å². The minimum Gasteiger partial charge on any atom is -0.372 e. The van der Waals surface area contributed by atoms with Crippen molar-refractivity contribution in [2.75, 3.05) is 19.0 Å². The summed E-state index contributed by atoms with van der Waals surface area (Å²) >= 11 is 5.66. The van der Waals surface area contributed by atoms with E-state index < -0.39 is 23.2 Å². The number of nitrogens with one attached hydrogen (secondary N) is 2. The molecule has 0 bridgehead atoms. The highest BCUT2D eigenvalue weighted by molar-refractivity contribution is 6.39. The van der Waals surface area contributed by atoms with E-state index in [1.165, 1.54) is 12.1 Å². The lowest BCUT2D eigenvalue weighted by atomic mass is 9.90. The Balaban J connectivity index is 2.03. The summed E-state index contributed by atoms with van der Waals surface area (Å²) in [6, 6.07) is 13.1. The predicted octanol–water partition coefficient (Wildman–Crippen LogP) is 3.49. The molecule has 0 saturated heterocycles. The molecule has 26 heavy (non-hydrogen) atoms. The van der Waals surface area contributed by atoms with Gasteiger partial charge in [0.05, 0.1) is 11.6 Å². The van der Waals surface area contributed by atoms with Crippen molar-refractivity contribution in [2.45, 2.75) is 18.9 Å². The molecule has 2 N–H and O–H groups in total. The second-order valence-electron chi connectivity index (χ2n) is 5.68. The van der Waals surface area contributed by atoms with Crippen LogP contribution in [0.3, 0.4) is 0 Å². The highest BCUT2D eigenvalue weighted by Crippen LogP contribution is 2.28. The number of halogens is 2. The molecule has 0 fully saturated rings. The molecule has 0 spiro atoms. The Morgan fingerprint density at radius 3 is 2.42 bits per heavy atom. The Kier molecular flexibility index (Phi) is 6.71. The van der Waals surface area contributed by atoms with Crippen LogP contribution in [-0.2, 0) is 19.9 Å². The number of carbonyl (C=O) groups excluding carboxylic acids is 2. The SMILES string of the molecule is CC[C@](CNC(=O)C(=O)Nc1ccc(F)c(Cl)c1)(OC)c1ccccc1. The molecule has 2 amide bonds. The van der Waals surface area contributed by atoms with Gasteiger partial charge in [0.15, 0.2) is 0 Å². The normalized spacial score (nSPS) is 12.9. The lowest BCUT2D eigenvalue weighted by molar-refractivity contribution is -0.137. The monoisotopic (exact) mass is 378 g/mol. The number of carbonyl (C=O) groups is 2.